The number of benzene rings is 3. The van der Waals surface area contributed by atoms with Crippen molar-refractivity contribution in [1.29, 1.82) is 0 Å². The molecule has 0 N–H and O–H groups in total. The Morgan fingerprint density at radius 2 is 1.10 bits per heavy atom. The fraction of sp³-hybridized carbons (Fsp3) is 0.194. The van der Waals surface area contributed by atoms with Crippen molar-refractivity contribution >= 4 is 7.25 Å². The van der Waals surface area contributed by atoms with Gasteiger partial charge in [-0.3, -0.25) is 0 Å². The first-order chi connectivity index (χ1) is 19.2. The summed E-state index contributed by atoms with van der Waals surface area (Å²) in [5, 5.41) is 0. The largest absolute Gasteiger partial charge is 0.673 e. The molecule has 4 aromatic rings. The van der Waals surface area contributed by atoms with Crippen LogP contribution in [0, 0.1) is 11.8 Å². The number of para-hydroxylation sites is 3. The van der Waals surface area contributed by atoms with Gasteiger partial charge in [0.1, 0.15) is 22.8 Å². The number of hydrogen-bond acceptors (Lipinski definition) is 3. The molecule has 0 atom stereocenters. The fourth-order valence-corrected chi connectivity index (χ4v) is 3.77. The third kappa shape index (κ3) is 9.09. The van der Waals surface area contributed by atoms with Crippen molar-refractivity contribution in [3.05, 3.63) is 96.3 Å². The predicted molar refractivity (Wildman–Crippen MR) is 150 cm³/mol. The zero-order chi connectivity index (χ0) is 29.0. The molecule has 0 saturated heterocycles. The first-order valence-electron chi connectivity index (χ1n) is 12.8. The van der Waals surface area contributed by atoms with Crippen LogP contribution in [0.4, 0.5) is 17.3 Å². The minimum Gasteiger partial charge on any atom is -0.493 e. The van der Waals surface area contributed by atoms with Crippen LogP contribution >= 0.6 is 0 Å². The van der Waals surface area contributed by atoms with E-state index in [0.717, 1.165) is 39.5 Å². The molecule has 0 unspecified atom stereocenters. The van der Waals surface area contributed by atoms with Crippen molar-refractivity contribution in [3.63, 3.8) is 0 Å². The zero-order valence-electron chi connectivity index (χ0n) is 22.4. The highest BCUT2D eigenvalue weighted by Crippen LogP contribution is 2.36. The number of ether oxygens (including phenoxy) is 3. The lowest BCUT2D eigenvalue weighted by molar-refractivity contribution is 0.339. The molecule has 9 heteroatoms. The van der Waals surface area contributed by atoms with Gasteiger partial charge in [-0.25, -0.2) is 0 Å². The maximum Gasteiger partial charge on any atom is 0.673 e. The molecule has 0 aliphatic rings. The summed E-state index contributed by atoms with van der Waals surface area (Å²) >= 11 is 0. The highest BCUT2D eigenvalue weighted by Gasteiger charge is 2.23. The Morgan fingerprint density at radius 1 is 0.625 bits per heavy atom. The van der Waals surface area contributed by atoms with Crippen molar-refractivity contribution in [2.45, 2.75) is 20.8 Å². The third-order valence-corrected chi connectivity index (χ3v) is 5.25. The second-order valence-electron chi connectivity index (χ2n) is 8.11. The van der Waals surface area contributed by atoms with Gasteiger partial charge >= 0.3 is 18.8 Å². The van der Waals surface area contributed by atoms with Crippen LogP contribution < -0.4 is 14.2 Å². The summed E-state index contributed by atoms with van der Waals surface area (Å²) in [5.41, 5.74) is 3.59. The lowest BCUT2D eigenvalue weighted by Gasteiger charge is -2.10. The Bertz CT molecular complexity index is 1390. The summed E-state index contributed by atoms with van der Waals surface area (Å²) in [6, 6.07) is 27.5. The molecular weight excluding hydrogens is 523 g/mol. The van der Waals surface area contributed by atoms with Crippen molar-refractivity contribution in [2.75, 3.05) is 19.8 Å². The monoisotopic (exact) mass is 552 g/mol. The lowest BCUT2D eigenvalue weighted by Crippen LogP contribution is -2.02. The average molecular weight is 552 g/mol. The van der Waals surface area contributed by atoms with E-state index in [2.05, 4.69) is 11.8 Å². The second-order valence-corrected chi connectivity index (χ2v) is 8.11. The Hall–Kier alpha value is -4.45. The first-order valence-corrected chi connectivity index (χ1v) is 12.8. The Balaban J connectivity index is 0.000000810. The molecule has 1 aromatic heterocycles. The van der Waals surface area contributed by atoms with E-state index in [0.29, 0.717) is 31.3 Å². The maximum absolute atomic E-state index is 9.75. The minimum absolute atomic E-state index is 0.529. The molecule has 0 radical (unpaired) electrons. The van der Waals surface area contributed by atoms with Crippen LogP contribution in [0.3, 0.4) is 0 Å². The Kier molecular flexibility index (Phi) is 11.0. The van der Waals surface area contributed by atoms with E-state index in [4.69, 9.17) is 18.6 Å². The number of hydrogen-bond donors (Lipinski definition) is 0. The summed E-state index contributed by atoms with van der Waals surface area (Å²) in [6.07, 6.45) is 0. The van der Waals surface area contributed by atoms with Gasteiger partial charge in [0, 0.05) is 17.0 Å². The van der Waals surface area contributed by atoms with Crippen LogP contribution in [0.25, 0.3) is 22.5 Å². The predicted octanol–water partition coefficient (Wildman–Crippen LogP) is 8.79. The molecule has 0 amide bonds. The van der Waals surface area contributed by atoms with Crippen LogP contribution in [0.2, 0.25) is 0 Å². The van der Waals surface area contributed by atoms with E-state index in [1.54, 1.807) is 0 Å². The van der Waals surface area contributed by atoms with Gasteiger partial charge in [0.2, 0.25) is 0 Å². The normalized spacial score (nSPS) is 10.5. The number of rotatable bonds is 8. The van der Waals surface area contributed by atoms with Crippen LogP contribution in [-0.2, 0) is 0 Å². The quantitative estimate of drug-likeness (QED) is 0.0948. The summed E-state index contributed by atoms with van der Waals surface area (Å²) in [7, 11) is -6.00. The zero-order valence-corrected chi connectivity index (χ0v) is 22.4. The van der Waals surface area contributed by atoms with E-state index in [1.165, 1.54) is 0 Å². The molecule has 0 saturated carbocycles. The van der Waals surface area contributed by atoms with E-state index < -0.39 is 7.25 Å². The van der Waals surface area contributed by atoms with E-state index in [-0.39, 0.29) is 0 Å². The van der Waals surface area contributed by atoms with Crippen molar-refractivity contribution < 1.29 is 35.9 Å². The summed E-state index contributed by atoms with van der Waals surface area (Å²) in [6.45, 7) is 7.62. The molecule has 0 aliphatic heterocycles. The molecule has 4 rings (SSSR count). The molecule has 4 nitrogen and oxygen atoms in total. The van der Waals surface area contributed by atoms with Gasteiger partial charge in [0.15, 0.2) is 0 Å². The molecule has 40 heavy (non-hydrogen) atoms. The summed E-state index contributed by atoms with van der Waals surface area (Å²) in [5.74, 6) is 9.94. The SMILES string of the molecule is CCOc1ccccc1C#Cc1cc(-c2ccccc2OCC)cc(-c2ccccc2OCC)[o+]1.F[B-](F)(F)F. The van der Waals surface area contributed by atoms with Gasteiger partial charge in [-0.1, -0.05) is 42.5 Å². The molecule has 0 bridgehead atoms. The van der Waals surface area contributed by atoms with E-state index in [1.807, 2.05) is 106 Å². The van der Waals surface area contributed by atoms with Crippen molar-refractivity contribution in [2.24, 2.45) is 0 Å². The summed E-state index contributed by atoms with van der Waals surface area (Å²) in [4.78, 5) is 0. The third-order valence-electron chi connectivity index (χ3n) is 5.25. The molecular formula is C31H29BF4O4. The standard InChI is InChI=1S/C31H29O4.BF4/c1-4-32-28-16-10-7-13-23(28)19-20-25-21-24(26-14-8-11-17-29(26)33-5-2)22-31(35-25)27-15-9-12-18-30(27)34-6-3;2-1(3,4)5/h7-18,21-22H,4-6H2,1-3H3;/q+1;-1. The smallest absolute Gasteiger partial charge is 0.493 e. The van der Waals surface area contributed by atoms with Crippen LogP contribution in [0.5, 0.6) is 17.2 Å². The molecule has 0 aliphatic carbocycles. The van der Waals surface area contributed by atoms with Gasteiger partial charge in [-0.15, -0.1) is 0 Å². The highest BCUT2D eigenvalue weighted by molar-refractivity contribution is 6.50. The highest BCUT2D eigenvalue weighted by atomic mass is 19.5. The number of halogens is 4. The van der Waals surface area contributed by atoms with Gasteiger partial charge in [-0.05, 0) is 57.0 Å². The Labute approximate surface area is 231 Å². The van der Waals surface area contributed by atoms with Crippen LogP contribution in [-0.4, -0.2) is 27.1 Å². The van der Waals surface area contributed by atoms with Gasteiger partial charge in [-0.2, -0.15) is 4.42 Å². The Morgan fingerprint density at radius 3 is 1.70 bits per heavy atom. The van der Waals surface area contributed by atoms with Crippen LogP contribution in [0.15, 0.2) is 89.3 Å². The molecule has 208 valence electrons. The second kappa shape index (κ2) is 14.6. The van der Waals surface area contributed by atoms with E-state index in [9.17, 15) is 17.3 Å². The van der Waals surface area contributed by atoms with Crippen molar-refractivity contribution in [1.82, 2.24) is 0 Å². The summed E-state index contributed by atoms with van der Waals surface area (Å²) < 4.78 is 62.8. The van der Waals surface area contributed by atoms with Crippen LogP contribution in [0.1, 0.15) is 32.1 Å². The lowest BCUT2D eigenvalue weighted by atomic mass is 10.0. The van der Waals surface area contributed by atoms with Crippen molar-refractivity contribution in [3.8, 4) is 51.5 Å². The van der Waals surface area contributed by atoms with Gasteiger partial charge in [0.05, 0.1) is 37.5 Å². The topological polar surface area (TPSA) is 39.0 Å². The van der Waals surface area contributed by atoms with E-state index >= 15 is 0 Å². The minimum atomic E-state index is -6.00. The molecule has 0 spiro atoms. The molecule has 1 heterocycles. The maximum atomic E-state index is 9.75. The molecule has 3 aromatic carbocycles. The fourth-order valence-electron chi connectivity index (χ4n) is 3.77. The average Bonchev–Trinajstić information content (AvgIpc) is 2.93. The first kappa shape index (κ1) is 30.1. The van der Waals surface area contributed by atoms with Gasteiger partial charge in [0.25, 0.3) is 0 Å². The molecule has 0 fully saturated rings. The van der Waals surface area contributed by atoms with Gasteiger partial charge < -0.3 is 31.5 Å².